The summed E-state index contributed by atoms with van der Waals surface area (Å²) in [7, 11) is 2.83. The van der Waals surface area contributed by atoms with E-state index < -0.39 is 18.1 Å². The largest absolute Gasteiger partial charge is 0.479 e. The van der Waals surface area contributed by atoms with Crippen molar-refractivity contribution in [1.29, 1.82) is 0 Å². The number of aromatic nitrogens is 3. The average molecular weight is 271 g/mol. The Morgan fingerprint density at radius 3 is 2.74 bits per heavy atom. The lowest BCUT2D eigenvalue weighted by Gasteiger charge is -2.18. The van der Waals surface area contributed by atoms with E-state index in [1.807, 2.05) is 0 Å². The van der Waals surface area contributed by atoms with Gasteiger partial charge in [-0.25, -0.2) is 14.6 Å². The lowest BCUT2D eigenvalue weighted by molar-refractivity contribution is -0.148. The average Bonchev–Trinajstić information content (AvgIpc) is 2.74. The number of methoxy groups -OCH3 is 1. The van der Waals surface area contributed by atoms with E-state index in [4.69, 9.17) is 9.84 Å². The number of nitrogens with one attached hydrogen (secondary N) is 2. The zero-order valence-corrected chi connectivity index (χ0v) is 11.0. The van der Waals surface area contributed by atoms with E-state index in [0.717, 1.165) is 0 Å². The van der Waals surface area contributed by atoms with Crippen LogP contribution >= 0.6 is 0 Å². The third-order valence-electron chi connectivity index (χ3n) is 2.37. The first kappa shape index (κ1) is 14.9. The van der Waals surface area contributed by atoms with Crippen LogP contribution in [0.25, 0.3) is 0 Å². The number of carboxylic acid groups (broad SMARTS) is 1. The predicted octanol–water partition coefficient (Wildman–Crippen LogP) is -0.646. The molecule has 1 atom stereocenters. The van der Waals surface area contributed by atoms with Gasteiger partial charge in [-0.15, -0.1) is 0 Å². The van der Waals surface area contributed by atoms with Gasteiger partial charge in [-0.05, 0) is 6.92 Å². The minimum atomic E-state index is -1.13. The molecular formula is C10H17N5O4. The number of H-pyrrole nitrogens is 1. The molecule has 9 nitrogen and oxygen atoms in total. The van der Waals surface area contributed by atoms with E-state index in [0.29, 0.717) is 11.6 Å². The molecule has 9 heteroatoms. The second kappa shape index (κ2) is 6.69. The highest BCUT2D eigenvalue weighted by molar-refractivity contribution is 5.76. The monoisotopic (exact) mass is 271 g/mol. The van der Waals surface area contributed by atoms with Crippen molar-refractivity contribution in [1.82, 2.24) is 25.4 Å². The molecule has 2 amide bonds. The molecule has 0 bridgehead atoms. The summed E-state index contributed by atoms with van der Waals surface area (Å²) in [4.78, 5) is 27.8. The molecular weight excluding hydrogens is 254 g/mol. The van der Waals surface area contributed by atoms with Crippen LogP contribution in [0.4, 0.5) is 4.79 Å². The van der Waals surface area contributed by atoms with Crippen LogP contribution in [0, 0.1) is 6.92 Å². The summed E-state index contributed by atoms with van der Waals surface area (Å²) in [5.41, 5.74) is 0. The van der Waals surface area contributed by atoms with Gasteiger partial charge in [-0.3, -0.25) is 5.10 Å². The van der Waals surface area contributed by atoms with Gasteiger partial charge < -0.3 is 20.1 Å². The first-order chi connectivity index (χ1) is 8.93. The van der Waals surface area contributed by atoms with Crippen molar-refractivity contribution in [2.24, 2.45) is 0 Å². The number of aromatic amines is 1. The van der Waals surface area contributed by atoms with Gasteiger partial charge in [-0.2, -0.15) is 5.10 Å². The predicted molar refractivity (Wildman–Crippen MR) is 64.4 cm³/mol. The summed E-state index contributed by atoms with van der Waals surface area (Å²) < 4.78 is 4.70. The highest BCUT2D eigenvalue weighted by Gasteiger charge is 2.18. The van der Waals surface area contributed by atoms with Gasteiger partial charge in [0.25, 0.3) is 0 Å². The number of hydrogen-bond donors (Lipinski definition) is 3. The molecule has 0 saturated heterocycles. The highest BCUT2D eigenvalue weighted by Crippen LogP contribution is 1.97. The third kappa shape index (κ3) is 4.54. The van der Waals surface area contributed by atoms with Crippen molar-refractivity contribution >= 4 is 12.0 Å². The van der Waals surface area contributed by atoms with E-state index >= 15 is 0 Å². The molecule has 0 fully saturated rings. The van der Waals surface area contributed by atoms with Gasteiger partial charge in [-0.1, -0.05) is 0 Å². The molecule has 1 unspecified atom stereocenters. The van der Waals surface area contributed by atoms with Crippen molar-refractivity contribution in [3.05, 3.63) is 11.6 Å². The van der Waals surface area contributed by atoms with Crippen LogP contribution in [0.2, 0.25) is 0 Å². The second-order valence-electron chi connectivity index (χ2n) is 3.94. The fourth-order valence-electron chi connectivity index (χ4n) is 1.33. The number of amides is 2. The maximum Gasteiger partial charge on any atom is 0.334 e. The Morgan fingerprint density at radius 1 is 1.58 bits per heavy atom. The SMILES string of the molecule is COC(CNC(=O)N(C)Cc1n[nH]c(C)n1)C(=O)O. The molecule has 0 aliphatic carbocycles. The molecule has 1 aromatic rings. The normalized spacial score (nSPS) is 11.9. The fourth-order valence-corrected chi connectivity index (χ4v) is 1.33. The summed E-state index contributed by atoms with van der Waals surface area (Å²) in [5.74, 6) is 0.0147. The molecule has 0 aromatic carbocycles. The van der Waals surface area contributed by atoms with Crippen LogP contribution in [-0.2, 0) is 16.1 Å². The van der Waals surface area contributed by atoms with Crippen LogP contribution < -0.4 is 5.32 Å². The molecule has 106 valence electrons. The Balaban J connectivity index is 2.42. The zero-order chi connectivity index (χ0) is 14.4. The number of aryl methyl sites for hydroxylation is 1. The highest BCUT2D eigenvalue weighted by atomic mass is 16.5. The fraction of sp³-hybridized carbons (Fsp3) is 0.600. The maximum absolute atomic E-state index is 11.7. The molecule has 1 rings (SSSR count). The van der Waals surface area contributed by atoms with Crippen LogP contribution in [0.15, 0.2) is 0 Å². The van der Waals surface area contributed by atoms with E-state index in [9.17, 15) is 9.59 Å². The van der Waals surface area contributed by atoms with Gasteiger partial charge in [0.1, 0.15) is 5.82 Å². The first-order valence-corrected chi connectivity index (χ1v) is 5.56. The summed E-state index contributed by atoms with van der Waals surface area (Å²) in [6, 6.07) is -0.425. The number of hydrogen-bond acceptors (Lipinski definition) is 5. The topological polar surface area (TPSA) is 120 Å². The number of carbonyl (C=O) groups is 2. The molecule has 3 N–H and O–H groups in total. The van der Waals surface area contributed by atoms with Crippen molar-refractivity contribution < 1.29 is 19.4 Å². The van der Waals surface area contributed by atoms with E-state index in [-0.39, 0.29) is 13.1 Å². The Hall–Kier alpha value is -2.16. The van der Waals surface area contributed by atoms with Gasteiger partial charge in [0.15, 0.2) is 11.9 Å². The molecule has 0 aliphatic heterocycles. The number of carboxylic acids is 1. The van der Waals surface area contributed by atoms with E-state index in [2.05, 4.69) is 20.5 Å². The van der Waals surface area contributed by atoms with E-state index in [1.165, 1.54) is 12.0 Å². The van der Waals surface area contributed by atoms with Crippen LogP contribution in [-0.4, -0.2) is 64.0 Å². The lowest BCUT2D eigenvalue weighted by Crippen LogP contribution is -2.43. The van der Waals surface area contributed by atoms with Gasteiger partial charge in [0.2, 0.25) is 0 Å². The molecule has 0 spiro atoms. The molecule has 0 aliphatic rings. The molecule has 1 heterocycles. The lowest BCUT2D eigenvalue weighted by atomic mass is 10.3. The smallest absolute Gasteiger partial charge is 0.334 e. The Bertz CT molecular complexity index is 447. The molecule has 1 aromatic heterocycles. The second-order valence-corrected chi connectivity index (χ2v) is 3.94. The summed E-state index contributed by atoms with van der Waals surface area (Å²) in [5, 5.41) is 17.8. The van der Waals surface area contributed by atoms with Gasteiger partial charge in [0, 0.05) is 14.2 Å². The minimum absolute atomic E-state index is 0.109. The Labute approximate surface area is 110 Å². The van der Waals surface area contributed by atoms with Crippen LogP contribution in [0.3, 0.4) is 0 Å². The number of nitrogens with zero attached hydrogens (tertiary/aromatic N) is 3. The van der Waals surface area contributed by atoms with Crippen LogP contribution in [0.5, 0.6) is 0 Å². The van der Waals surface area contributed by atoms with Crippen molar-refractivity contribution in [2.45, 2.75) is 19.6 Å². The minimum Gasteiger partial charge on any atom is -0.479 e. The number of carbonyl (C=O) groups excluding carboxylic acids is 1. The number of rotatable bonds is 6. The quantitative estimate of drug-likeness (QED) is 0.632. The van der Waals surface area contributed by atoms with Gasteiger partial charge in [0.05, 0.1) is 13.1 Å². The van der Waals surface area contributed by atoms with Crippen molar-refractivity contribution in [2.75, 3.05) is 20.7 Å². The van der Waals surface area contributed by atoms with Crippen LogP contribution in [0.1, 0.15) is 11.6 Å². The zero-order valence-electron chi connectivity index (χ0n) is 11.0. The van der Waals surface area contributed by atoms with Crippen molar-refractivity contribution in [3.8, 4) is 0 Å². The molecule has 0 saturated carbocycles. The third-order valence-corrected chi connectivity index (χ3v) is 2.37. The summed E-state index contributed by atoms with van der Waals surface area (Å²) in [6.07, 6.45) is -1.07. The standard InChI is InChI=1S/C10H17N5O4/c1-6-12-8(14-13-6)5-15(2)10(18)11-4-7(19-3)9(16)17/h7H,4-5H2,1-3H3,(H,11,18)(H,16,17)(H,12,13,14). The number of aliphatic carboxylic acids is 1. The van der Waals surface area contributed by atoms with E-state index in [1.54, 1.807) is 14.0 Å². The number of ether oxygens (including phenoxy) is 1. The summed E-state index contributed by atoms with van der Waals surface area (Å²) >= 11 is 0. The van der Waals surface area contributed by atoms with Crippen molar-refractivity contribution in [3.63, 3.8) is 0 Å². The summed E-state index contributed by atoms with van der Waals surface area (Å²) in [6.45, 7) is 1.87. The first-order valence-electron chi connectivity index (χ1n) is 5.56. The Kier molecular flexibility index (Phi) is 5.24. The Morgan fingerprint density at radius 2 is 2.26 bits per heavy atom. The maximum atomic E-state index is 11.7. The number of urea groups is 1. The molecule has 0 radical (unpaired) electrons. The van der Waals surface area contributed by atoms with Gasteiger partial charge >= 0.3 is 12.0 Å². The molecule has 19 heavy (non-hydrogen) atoms.